The van der Waals surface area contributed by atoms with Crippen LogP contribution in [0.3, 0.4) is 0 Å². The molecule has 0 heterocycles. The fraction of sp³-hybridized carbons (Fsp3) is 0.280. The Balaban J connectivity index is 1.72. The van der Waals surface area contributed by atoms with Crippen LogP contribution in [0, 0.1) is 0 Å². The van der Waals surface area contributed by atoms with Crippen LogP contribution in [0.4, 0.5) is 0 Å². The van der Waals surface area contributed by atoms with Crippen molar-refractivity contribution in [1.82, 2.24) is 4.90 Å². The molecule has 0 unspecified atom stereocenters. The predicted molar refractivity (Wildman–Crippen MR) is 115 cm³/mol. The molecule has 0 aliphatic rings. The molecule has 3 heteroatoms. The van der Waals surface area contributed by atoms with Gasteiger partial charge in [0.2, 0.25) is 0 Å². The second kappa shape index (κ2) is 9.95. The SMILES string of the molecule is COc1ccc(OC[C@H](C)N(Cc2ccccc2)[C@H](C)c2ccccc2)cc1. The maximum absolute atomic E-state index is 6.07. The van der Waals surface area contributed by atoms with Crippen LogP contribution >= 0.6 is 0 Å². The molecule has 0 aliphatic heterocycles. The van der Waals surface area contributed by atoms with Gasteiger partial charge in [-0.15, -0.1) is 0 Å². The predicted octanol–water partition coefficient (Wildman–Crippen LogP) is 5.73. The Bertz CT molecular complexity index is 818. The summed E-state index contributed by atoms with van der Waals surface area (Å²) < 4.78 is 11.3. The van der Waals surface area contributed by atoms with Gasteiger partial charge in [0.1, 0.15) is 18.1 Å². The zero-order chi connectivity index (χ0) is 19.8. The van der Waals surface area contributed by atoms with Gasteiger partial charge in [0.15, 0.2) is 0 Å². The normalized spacial score (nSPS) is 13.1. The maximum Gasteiger partial charge on any atom is 0.119 e. The van der Waals surface area contributed by atoms with E-state index in [2.05, 4.69) is 79.4 Å². The molecule has 0 N–H and O–H groups in total. The zero-order valence-corrected chi connectivity index (χ0v) is 16.9. The van der Waals surface area contributed by atoms with Crippen LogP contribution in [0.5, 0.6) is 11.5 Å². The van der Waals surface area contributed by atoms with Crippen molar-refractivity contribution in [2.24, 2.45) is 0 Å². The Hall–Kier alpha value is -2.78. The highest BCUT2D eigenvalue weighted by atomic mass is 16.5. The second-order valence-corrected chi connectivity index (χ2v) is 7.08. The molecule has 3 rings (SSSR count). The van der Waals surface area contributed by atoms with E-state index in [-0.39, 0.29) is 12.1 Å². The van der Waals surface area contributed by atoms with Crippen molar-refractivity contribution in [3.63, 3.8) is 0 Å². The van der Waals surface area contributed by atoms with Crippen molar-refractivity contribution in [3.05, 3.63) is 96.1 Å². The molecular weight excluding hydrogens is 346 g/mol. The Morgan fingerprint density at radius 1 is 0.750 bits per heavy atom. The molecule has 3 nitrogen and oxygen atoms in total. The minimum atomic E-state index is 0.248. The molecule has 0 bridgehead atoms. The lowest BCUT2D eigenvalue weighted by molar-refractivity contribution is 0.101. The van der Waals surface area contributed by atoms with Crippen molar-refractivity contribution < 1.29 is 9.47 Å². The van der Waals surface area contributed by atoms with E-state index in [9.17, 15) is 0 Å². The summed E-state index contributed by atoms with van der Waals surface area (Å²) in [5, 5.41) is 0. The summed E-state index contributed by atoms with van der Waals surface area (Å²) >= 11 is 0. The Morgan fingerprint density at radius 2 is 1.32 bits per heavy atom. The van der Waals surface area contributed by atoms with Crippen LogP contribution in [0.2, 0.25) is 0 Å². The van der Waals surface area contributed by atoms with Crippen LogP contribution in [-0.2, 0) is 6.54 Å². The van der Waals surface area contributed by atoms with Gasteiger partial charge in [-0.1, -0.05) is 60.7 Å². The molecule has 28 heavy (non-hydrogen) atoms. The third-order valence-corrected chi connectivity index (χ3v) is 5.10. The van der Waals surface area contributed by atoms with Gasteiger partial charge in [-0.2, -0.15) is 0 Å². The molecule has 2 atom stereocenters. The van der Waals surface area contributed by atoms with Crippen LogP contribution in [-0.4, -0.2) is 24.7 Å². The Kier molecular flexibility index (Phi) is 7.10. The lowest BCUT2D eigenvalue weighted by Crippen LogP contribution is -2.38. The third kappa shape index (κ3) is 5.37. The van der Waals surface area contributed by atoms with E-state index in [1.54, 1.807) is 7.11 Å². The molecule has 0 spiro atoms. The van der Waals surface area contributed by atoms with Crippen LogP contribution in [0.25, 0.3) is 0 Å². The third-order valence-electron chi connectivity index (χ3n) is 5.10. The molecule has 0 amide bonds. The van der Waals surface area contributed by atoms with Crippen LogP contribution in [0.15, 0.2) is 84.9 Å². The van der Waals surface area contributed by atoms with E-state index in [0.717, 1.165) is 18.0 Å². The molecule has 3 aromatic rings. The Labute approximate surface area is 168 Å². The molecular formula is C25H29NO2. The fourth-order valence-corrected chi connectivity index (χ4v) is 3.38. The van der Waals surface area contributed by atoms with Gasteiger partial charge >= 0.3 is 0 Å². The summed E-state index contributed by atoms with van der Waals surface area (Å²) in [5.74, 6) is 1.70. The number of benzene rings is 3. The second-order valence-electron chi connectivity index (χ2n) is 7.08. The fourth-order valence-electron chi connectivity index (χ4n) is 3.38. The lowest BCUT2D eigenvalue weighted by Gasteiger charge is -2.35. The summed E-state index contributed by atoms with van der Waals surface area (Å²) in [7, 11) is 1.67. The summed E-state index contributed by atoms with van der Waals surface area (Å²) in [4.78, 5) is 2.49. The van der Waals surface area contributed by atoms with Crippen molar-refractivity contribution in [1.29, 1.82) is 0 Å². The minimum absolute atomic E-state index is 0.248. The molecule has 0 radical (unpaired) electrons. The summed E-state index contributed by atoms with van der Waals surface area (Å²) in [6, 6.07) is 29.6. The first-order valence-corrected chi connectivity index (χ1v) is 9.79. The summed E-state index contributed by atoms with van der Waals surface area (Å²) in [6.07, 6.45) is 0. The van der Waals surface area contributed by atoms with E-state index in [1.807, 2.05) is 24.3 Å². The molecule has 3 aromatic carbocycles. The lowest BCUT2D eigenvalue weighted by atomic mass is 10.0. The zero-order valence-electron chi connectivity index (χ0n) is 16.9. The van der Waals surface area contributed by atoms with Crippen molar-refractivity contribution in [2.75, 3.05) is 13.7 Å². The maximum atomic E-state index is 6.07. The number of methoxy groups -OCH3 is 1. The first-order valence-electron chi connectivity index (χ1n) is 9.79. The van der Waals surface area contributed by atoms with E-state index < -0.39 is 0 Å². The minimum Gasteiger partial charge on any atom is -0.497 e. The summed E-state index contributed by atoms with van der Waals surface area (Å²) in [6.45, 7) is 5.99. The van der Waals surface area contributed by atoms with E-state index >= 15 is 0 Å². The molecule has 0 aliphatic carbocycles. The molecule has 0 aromatic heterocycles. The van der Waals surface area contributed by atoms with Gasteiger partial charge < -0.3 is 9.47 Å². The highest BCUT2D eigenvalue weighted by Gasteiger charge is 2.22. The van der Waals surface area contributed by atoms with E-state index in [1.165, 1.54) is 11.1 Å². The number of ether oxygens (including phenoxy) is 2. The van der Waals surface area contributed by atoms with E-state index in [4.69, 9.17) is 9.47 Å². The monoisotopic (exact) mass is 375 g/mol. The van der Waals surface area contributed by atoms with Gasteiger partial charge in [-0.05, 0) is 49.2 Å². The highest BCUT2D eigenvalue weighted by molar-refractivity contribution is 5.31. The van der Waals surface area contributed by atoms with Crippen LogP contribution in [0.1, 0.15) is 31.0 Å². The molecule has 0 saturated carbocycles. The van der Waals surface area contributed by atoms with Gasteiger partial charge in [-0.25, -0.2) is 0 Å². The molecule has 0 saturated heterocycles. The number of rotatable bonds is 9. The van der Waals surface area contributed by atoms with Crippen molar-refractivity contribution in [3.8, 4) is 11.5 Å². The quantitative estimate of drug-likeness (QED) is 0.477. The van der Waals surface area contributed by atoms with Gasteiger partial charge in [0, 0.05) is 18.6 Å². The number of hydrogen-bond acceptors (Lipinski definition) is 3. The van der Waals surface area contributed by atoms with Gasteiger partial charge in [0.25, 0.3) is 0 Å². The smallest absolute Gasteiger partial charge is 0.119 e. The average Bonchev–Trinajstić information content (AvgIpc) is 2.77. The standard InChI is InChI=1S/C25H29NO2/c1-20(19-28-25-16-14-24(27-3)15-17-25)26(18-22-10-6-4-7-11-22)21(2)23-12-8-5-9-13-23/h4-17,20-21H,18-19H2,1-3H3/t20-,21+/m0/s1. The molecule has 0 fully saturated rings. The van der Waals surface area contributed by atoms with Gasteiger partial charge in [-0.3, -0.25) is 4.90 Å². The largest absolute Gasteiger partial charge is 0.497 e. The first kappa shape index (κ1) is 20.0. The Morgan fingerprint density at radius 3 is 1.93 bits per heavy atom. The van der Waals surface area contributed by atoms with Crippen molar-refractivity contribution in [2.45, 2.75) is 32.5 Å². The van der Waals surface area contributed by atoms with Gasteiger partial charge in [0.05, 0.1) is 7.11 Å². The summed E-state index contributed by atoms with van der Waals surface area (Å²) in [5.41, 5.74) is 2.62. The van der Waals surface area contributed by atoms with E-state index in [0.29, 0.717) is 6.61 Å². The number of hydrogen-bond donors (Lipinski definition) is 0. The first-order chi connectivity index (χ1) is 13.7. The topological polar surface area (TPSA) is 21.7 Å². The highest BCUT2D eigenvalue weighted by Crippen LogP contribution is 2.25. The molecule has 146 valence electrons. The van der Waals surface area contributed by atoms with Crippen LogP contribution < -0.4 is 9.47 Å². The number of nitrogens with zero attached hydrogens (tertiary/aromatic N) is 1. The average molecular weight is 376 g/mol. The van der Waals surface area contributed by atoms with Crippen molar-refractivity contribution >= 4 is 0 Å².